The molecule has 10 heteroatoms. The number of alkyl halides is 6. The molecule has 0 amide bonds. The first kappa shape index (κ1) is 33.6. The van der Waals surface area contributed by atoms with Gasteiger partial charge in [-0.25, -0.2) is 0 Å². The Morgan fingerprint density at radius 2 is 1.31 bits per heavy atom. The van der Waals surface area contributed by atoms with Crippen LogP contribution in [-0.2, 0) is 30.2 Å². The van der Waals surface area contributed by atoms with E-state index in [0.29, 0.717) is 16.7 Å². The zero-order chi connectivity index (χ0) is 34.2. The van der Waals surface area contributed by atoms with E-state index in [0.717, 1.165) is 37.7 Å². The molecule has 0 radical (unpaired) electrons. The van der Waals surface area contributed by atoms with Crippen molar-refractivity contribution in [3.8, 4) is 22.3 Å². The first-order chi connectivity index (χ1) is 22.7. The molecule has 0 aromatic heterocycles. The molecule has 0 N–H and O–H groups in total. The van der Waals surface area contributed by atoms with Gasteiger partial charge in [0.2, 0.25) is 0 Å². The molecule has 0 bridgehead atoms. The van der Waals surface area contributed by atoms with Crippen LogP contribution in [-0.4, -0.2) is 9.52 Å². The van der Waals surface area contributed by atoms with Crippen LogP contribution >= 0.6 is 17.0 Å². The van der Waals surface area contributed by atoms with Gasteiger partial charge >= 0.3 is 291 Å². The van der Waals surface area contributed by atoms with Crippen molar-refractivity contribution in [2.24, 2.45) is 0 Å². The van der Waals surface area contributed by atoms with E-state index < -0.39 is 54.5 Å². The van der Waals surface area contributed by atoms with Crippen LogP contribution in [0.15, 0.2) is 103 Å². The van der Waals surface area contributed by atoms with Crippen LogP contribution in [0, 0.1) is 0 Å². The van der Waals surface area contributed by atoms with Crippen molar-refractivity contribution in [3.05, 3.63) is 137 Å². The van der Waals surface area contributed by atoms with Crippen molar-refractivity contribution >= 4 is 51.8 Å². The molecule has 1 aliphatic heterocycles. The van der Waals surface area contributed by atoms with Crippen LogP contribution < -0.4 is 13.6 Å². The summed E-state index contributed by atoms with van der Waals surface area (Å²) in [4.78, 5) is 0. The van der Waals surface area contributed by atoms with Crippen molar-refractivity contribution in [2.75, 3.05) is 0 Å². The van der Waals surface area contributed by atoms with Gasteiger partial charge in [-0.1, -0.05) is 0 Å². The number of halogens is 8. The van der Waals surface area contributed by atoms with Crippen LogP contribution in [0.25, 0.3) is 33.9 Å². The second kappa shape index (κ2) is 12.2. The molecule has 0 saturated carbocycles. The monoisotopic (exact) mass is 786 g/mol. The van der Waals surface area contributed by atoms with Crippen LogP contribution in [0.2, 0.25) is 0 Å². The molecule has 1 aliphatic carbocycles. The number of rotatable bonds is 5. The van der Waals surface area contributed by atoms with Crippen molar-refractivity contribution in [2.45, 2.75) is 35.7 Å². The Morgan fingerprint density at radius 1 is 0.688 bits per heavy atom. The molecule has 48 heavy (non-hydrogen) atoms. The summed E-state index contributed by atoms with van der Waals surface area (Å²) in [5.74, 6) is -0.205. The minimum absolute atomic E-state index is 0.143. The molecule has 1 unspecified atom stereocenters. The summed E-state index contributed by atoms with van der Waals surface area (Å²) in [6.45, 7) is 3.75. The van der Waals surface area contributed by atoms with Crippen LogP contribution in [0.1, 0.15) is 56.8 Å². The molecule has 5 aromatic rings. The average molecular weight is 789 g/mol. The summed E-state index contributed by atoms with van der Waals surface area (Å²) in [7, 11) is 14.7. The van der Waals surface area contributed by atoms with Gasteiger partial charge in [0.15, 0.2) is 0 Å². The third kappa shape index (κ3) is 5.77. The number of hydrogen-bond donors (Lipinski definition) is 0. The van der Waals surface area contributed by atoms with E-state index in [4.69, 9.17) is 17.0 Å². The standard InChI is InChI=1S/C26H19F6.C12H9Si.2ClH.Zr/c1-15(2)22-9-8-17-10-18(16-6-4-3-5-7-16)13-23(17)24(22)19-11-20(25(27,28)29)14-21(12-19)26(30,31)32;1-3-7-11-9(5-1)10-6-2-4-8-12(10)13-11;;;/h3-15H,1-2H3;1-7H,13H2;2*1H;/q;;;;+2/p-2. The first-order valence-corrected chi connectivity index (χ1v) is 25.9. The summed E-state index contributed by atoms with van der Waals surface area (Å²) in [6, 6.07) is 29.5. The summed E-state index contributed by atoms with van der Waals surface area (Å²) >= 11 is -4.57. The molecule has 244 valence electrons. The summed E-state index contributed by atoms with van der Waals surface area (Å²) < 4.78 is 85.0. The van der Waals surface area contributed by atoms with Crippen LogP contribution in [0.3, 0.4) is 0 Å². The molecule has 7 rings (SSSR count). The molecule has 0 nitrogen and oxygen atoms in total. The van der Waals surface area contributed by atoms with Crippen molar-refractivity contribution in [1.82, 2.24) is 0 Å². The van der Waals surface area contributed by atoms with Crippen LogP contribution in [0.5, 0.6) is 0 Å². The van der Waals surface area contributed by atoms with Crippen LogP contribution in [0.4, 0.5) is 26.3 Å². The molecule has 1 atom stereocenters. The van der Waals surface area contributed by atoms with Gasteiger partial charge in [0.1, 0.15) is 0 Å². The quantitative estimate of drug-likeness (QED) is 0.121. The Hall–Kier alpha value is -2.90. The summed E-state index contributed by atoms with van der Waals surface area (Å²) in [5.41, 5.74) is 3.43. The second-order valence-corrected chi connectivity index (χ2v) is 28.5. The molecule has 0 spiro atoms. The molecular weight excluding hydrogens is 761 g/mol. The summed E-state index contributed by atoms with van der Waals surface area (Å²) in [6.07, 6.45) is -8.06. The summed E-state index contributed by atoms with van der Waals surface area (Å²) in [5, 5.41) is 2.53. The van der Waals surface area contributed by atoms with Gasteiger partial charge in [0, 0.05) is 0 Å². The van der Waals surface area contributed by atoms with Gasteiger partial charge < -0.3 is 0 Å². The van der Waals surface area contributed by atoms with E-state index in [1.165, 1.54) is 15.9 Å². The fourth-order valence-corrected chi connectivity index (χ4v) is 23.7. The van der Waals surface area contributed by atoms with Crippen molar-refractivity contribution < 1.29 is 44.2 Å². The zero-order valence-corrected chi connectivity index (χ0v) is 31.2. The Balaban J connectivity index is 1.50. The predicted octanol–water partition coefficient (Wildman–Crippen LogP) is 10.00. The topological polar surface area (TPSA) is 0 Å². The zero-order valence-electron chi connectivity index (χ0n) is 25.8. The van der Waals surface area contributed by atoms with Gasteiger partial charge in [0.05, 0.1) is 0 Å². The Labute approximate surface area is 288 Å². The Kier molecular flexibility index (Phi) is 8.51. The van der Waals surface area contributed by atoms with E-state index in [1.807, 2.05) is 86.7 Å². The number of allylic oxidation sites excluding steroid dienone is 1. The maximum absolute atomic E-state index is 14.1. The molecule has 2 aliphatic rings. The molecule has 0 saturated heterocycles. The third-order valence-electron chi connectivity index (χ3n) is 9.41. The van der Waals surface area contributed by atoms with Gasteiger partial charge in [0.25, 0.3) is 0 Å². The second-order valence-electron chi connectivity index (χ2n) is 12.7. The SMILES string of the molecule is CC(C)c1ccc2c(c1-c1cc(C(F)(F)F)cc(C(F)(F)F)c1)C=C(c1ccccc1)[CH]2[Zr]([Cl])([Cl])[c]1cccc2c1[SiH2]c1ccccc1-2. The average Bonchev–Trinajstić information content (AvgIpc) is 3.63. The fourth-order valence-electron chi connectivity index (χ4n) is 7.26. The van der Waals surface area contributed by atoms with Gasteiger partial charge in [-0.15, -0.1) is 0 Å². The van der Waals surface area contributed by atoms with Gasteiger partial charge in [-0.2, -0.15) is 0 Å². The number of hydrogen-bond acceptors (Lipinski definition) is 0. The minimum atomic E-state index is -4.98. The van der Waals surface area contributed by atoms with E-state index in [1.54, 1.807) is 0 Å². The van der Waals surface area contributed by atoms with E-state index in [2.05, 4.69) is 18.2 Å². The predicted molar refractivity (Wildman–Crippen MR) is 184 cm³/mol. The Bertz CT molecular complexity index is 2070. The molecule has 1 heterocycles. The van der Waals surface area contributed by atoms with Crippen molar-refractivity contribution in [1.29, 1.82) is 0 Å². The maximum atomic E-state index is 14.1. The number of benzene rings is 5. The molecule has 0 fully saturated rings. The molecule has 5 aromatic carbocycles. The Morgan fingerprint density at radius 3 is 1.96 bits per heavy atom. The molecular formula is C38H28Cl2F6SiZr. The number of fused-ring (bicyclic) bond motifs is 4. The third-order valence-corrected chi connectivity index (χ3v) is 23.6. The van der Waals surface area contributed by atoms with Gasteiger partial charge in [-0.3, -0.25) is 0 Å². The normalized spacial score (nSPS) is 16.2. The van der Waals surface area contributed by atoms with E-state index >= 15 is 0 Å². The van der Waals surface area contributed by atoms with E-state index in [-0.39, 0.29) is 17.5 Å². The first-order valence-electron chi connectivity index (χ1n) is 15.5. The fraction of sp³-hybridized carbons (Fsp3) is 0.158. The van der Waals surface area contributed by atoms with Crippen molar-refractivity contribution in [3.63, 3.8) is 0 Å². The van der Waals surface area contributed by atoms with E-state index in [9.17, 15) is 26.3 Å². The van der Waals surface area contributed by atoms with Gasteiger partial charge in [-0.05, 0) is 0 Å².